The van der Waals surface area contributed by atoms with E-state index >= 15 is 0 Å². The number of carbonyl (C=O) groups is 1. The molecule has 3 aromatic rings. The van der Waals surface area contributed by atoms with Crippen molar-refractivity contribution in [2.75, 3.05) is 0 Å². The van der Waals surface area contributed by atoms with Crippen molar-refractivity contribution in [2.45, 2.75) is 10.9 Å². The number of nitrogens with one attached hydrogen (secondary N) is 1. The maximum Gasteiger partial charge on any atom is 0.335 e. The molecule has 2 aromatic heterocycles. The van der Waals surface area contributed by atoms with Gasteiger partial charge in [-0.2, -0.15) is 4.98 Å². The summed E-state index contributed by atoms with van der Waals surface area (Å²) in [5, 5.41) is 16.5. The van der Waals surface area contributed by atoms with Crippen molar-refractivity contribution in [3.8, 4) is 11.5 Å². The van der Waals surface area contributed by atoms with Crippen LogP contribution in [-0.2, 0) is 5.75 Å². The lowest BCUT2D eigenvalue weighted by atomic mass is 10.1. The molecule has 2 N–H and O–H groups in total. The molecule has 0 fully saturated rings. The van der Waals surface area contributed by atoms with Crippen molar-refractivity contribution in [3.63, 3.8) is 0 Å². The Kier molecular flexibility index (Phi) is 4.15. The van der Waals surface area contributed by atoms with Crippen LogP contribution in [0.2, 0.25) is 0 Å². The summed E-state index contributed by atoms with van der Waals surface area (Å²) in [7, 11) is 0. The predicted octanol–water partition coefficient (Wildman–Crippen LogP) is 2.86. The Bertz CT molecular complexity index is 772. The Morgan fingerprint density at radius 2 is 2.00 bits per heavy atom. The highest BCUT2D eigenvalue weighted by atomic mass is 32.2. The fourth-order valence-electron chi connectivity index (χ4n) is 1.82. The zero-order valence-corrected chi connectivity index (χ0v) is 12.2. The number of aromatic carboxylic acids is 1. The van der Waals surface area contributed by atoms with Crippen LogP contribution in [0.25, 0.3) is 11.5 Å². The molecule has 110 valence electrons. The van der Waals surface area contributed by atoms with Gasteiger partial charge < -0.3 is 5.11 Å². The first-order valence-corrected chi connectivity index (χ1v) is 7.50. The van der Waals surface area contributed by atoms with Crippen molar-refractivity contribution < 1.29 is 9.90 Å². The topological polar surface area (TPSA) is 91.8 Å². The maximum atomic E-state index is 10.8. The number of H-pyrrole nitrogens is 1. The van der Waals surface area contributed by atoms with Gasteiger partial charge in [0.05, 0.1) is 5.56 Å². The maximum absolute atomic E-state index is 10.8. The molecule has 0 amide bonds. The largest absolute Gasteiger partial charge is 0.478 e. The Labute approximate surface area is 130 Å². The first-order chi connectivity index (χ1) is 10.7. The molecule has 22 heavy (non-hydrogen) atoms. The van der Waals surface area contributed by atoms with E-state index in [2.05, 4.69) is 20.2 Å². The minimum atomic E-state index is -0.923. The predicted molar refractivity (Wildman–Crippen MR) is 82.6 cm³/mol. The molecule has 3 rings (SSSR count). The van der Waals surface area contributed by atoms with E-state index in [4.69, 9.17) is 5.11 Å². The summed E-state index contributed by atoms with van der Waals surface area (Å²) in [6.45, 7) is 0. The smallest absolute Gasteiger partial charge is 0.335 e. The second kappa shape index (κ2) is 6.40. The van der Waals surface area contributed by atoms with Crippen LogP contribution in [0.15, 0.2) is 53.8 Å². The van der Waals surface area contributed by atoms with E-state index in [9.17, 15) is 4.79 Å². The number of nitrogens with zero attached hydrogens (tertiary/aromatic N) is 3. The van der Waals surface area contributed by atoms with Crippen LogP contribution >= 0.6 is 11.8 Å². The van der Waals surface area contributed by atoms with Gasteiger partial charge in [0.1, 0.15) is 5.69 Å². The summed E-state index contributed by atoms with van der Waals surface area (Å²) in [4.78, 5) is 19.4. The molecule has 0 saturated heterocycles. The molecule has 0 aliphatic heterocycles. The van der Waals surface area contributed by atoms with Crippen LogP contribution < -0.4 is 0 Å². The molecule has 7 heteroatoms. The van der Waals surface area contributed by atoms with Gasteiger partial charge in [-0.1, -0.05) is 30.0 Å². The highest BCUT2D eigenvalue weighted by molar-refractivity contribution is 7.98. The third-order valence-corrected chi connectivity index (χ3v) is 3.86. The molecule has 6 nitrogen and oxygen atoms in total. The lowest BCUT2D eigenvalue weighted by Gasteiger charge is -1.99. The number of pyridine rings is 1. The normalized spacial score (nSPS) is 10.5. The van der Waals surface area contributed by atoms with Crippen LogP contribution in [0, 0.1) is 0 Å². The number of carboxylic acid groups (broad SMARTS) is 1. The van der Waals surface area contributed by atoms with E-state index in [1.54, 1.807) is 30.5 Å². The summed E-state index contributed by atoms with van der Waals surface area (Å²) in [5.74, 6) is 0.372. The Hall–Kier alpha value is -2.67. The molecule has 0 saturated carbocycles. The number of thioether (sulfide) groups is 1. The van der Waals surface area contributed by atoms with Crippen molar-refractivity contribution in [1.29, 1.82) is 0 Å². The number of aromatic nitrogens is 4. The first kappa shape index (κ1) is 14.3. The van der Waals surface area contributed by atoms with E-state index in [1.165, 1.54) is 11.8 Å². The van der Waals surface area contributed by atoms with Gasteiger partial charge in [0, 0.05) is 11.9 Å². The average molecular weight is 312 g/mol. The molecule has 0 radical (unpaired) electrons. The number of rotatable bonds is 5. The van der Waals surface area contributed by atoms with Gasteiger partial charge in [-0.3, -0.25) is 10.1 Å². The number of hydrogen-bond acceptors (Lipinski definition) is 5. The number of benzene rings is 1. The molecule has 0 bridgehead atoms. The van der Waals surface area contributed by atoms with Gasteiger partial charge in [-0.05, 0) is 29.8 Å². The molecule has 0 spiro atoms. The van der Waals surface area contributed by atoms with Gasteiger partial charge in [0.25, 0.3) is 0 Å². The minimum absolute atomic E-state index is 0.282. The summed E-state index contributed by atoms with van der Waals surface area (Å²) in [6.07, 6.45) is 1.70. The lowest BCUT2D eigenvalue weighted by Crippen LogP contribution is -1.95. The fourth-order valence-corrected chi connectivity index (χ4v) is 2.57. The number of aromatic amines is 1. The van der Waals surface area contributed by atoms with E-state index in [0.29, 0.717) is 16.7 Å². The Morgan fingerprint density at radius 1 is 1.18 bits per heavy atom. The Morgan fingerprint density at radius 3 is 2.68 bits per heavy atom. The first-order valence-electron chi connectivity index (χ1n) is 6.51. The SMILES string of the molecule is O=C(O)c1ccc(CSc2n[nH]c(-c3ccccn3)n2)cc1. The molecule has 2 heterocycles. The second-order valence-electron chi connectivity index (χ2n) is 4.47. The van der Waals surface area contributed by atoms with E-state index in [-0.39, 0.29) is 5.56 Å². The summed E-state index contributed by atoms with van der Waals surface area (Å²) in [6, 6.07) is 12.4. The van der Waals surface area contributed by atoms with Crippen LogP contribution in [-0.4, -0.2) is 31.2 Å². The van der Waals surface area contributed by atoms with Crippen LogP contribution in [0.1, 0.15) is 15.9 Å². The molecule has 0 atom stereocenters. The summed E-state index contributed by atoms with van der Waals surface area (Å²) >= 11 is 1.47. The third-order valence-electron chi connectivity index (χ3n) is 2.94. The van der Waals surface area contributed by atoms with Crippen molar-refractivity contribution in [1.82, 2.24) is 20.2 Å². The molecule has 0 aliphatic rings. The van der Waals surface area contributed by atoms with Gasteiger partial charge in [0.15, 0.2) is 5.82 Å². The fraction of sp³-hybridized carbons (Fsp3) is 0.0667. The molecule has 1 aromatic carbocycles. The van der Waals surface area contributed by atoms with Crippen LogP contribution in [0.4, 0.5) is 0 Å². The highest BCUT2D eigenvalue weighted by Gasteiger charge is 2.07. The van der Waals surface area contributed by atoms with Gasteiger partial charge in [-0.15, -0.1) is 5.10 Å². The van der Waals surface area contributed by atoms with E-state index < -0.39 is 5.97 Å². The van der Waals surface area contributed by atoms with E-state index in [0.717, 1.165) is 11.3 Å². The average Bonchev–Trinajstić information content (AvgIpc) is 3.03. The summed E-state index contributed by atoms with van der Waals surface area (Å²) < 4.78 is 0. The standard InChI is InChI=1S/C15H12N4O2S/c20-14(21)11-6-4-10(5-7-11)9-22-15-17-13(18-19-15)12-3-1-2-8-16-12/h1-8H,9H2,(H,20,21)(H,17,18,19). The third kappa shape index (κ3) is 3.32. The summed E-state index contributed by atoms with van der Waals surface area (Å²) in [5.41, 5.74) is 2.04. The Balaban J connectivity index is 1.65. The zero-order valence-electron chi connectivity index (χ0n) is 11.4. The lowest BCUT2D eigenvalue weighted by molar-refractivity contribution is 0.0697. The monoisotopic (exact) mass is 312 g/mol. The molecular formula is C15H12N4O2S. The molecular weight excluding hydrogens is 300 g/mol. The highest BCUT2D eigenvalue weighted by Crippen LogP contribution is 2.21. The zero-order chi connectivity index (χ0) is 15.4. The minimum Gasteiger partial charge on any atom is -0.478 e. The molecule has 0 unspecified atom stereocenters. The number of hydrogen-bond donors (Lipinski definition) is 2. The van der Waals surface area contributed by atoms with Gasteiger partial charge in [0.2, 0.25) is 5.16 Å². The van der Waals surface area contributed by atoms with Gasteiger partial charge >= 0.3 is 5.97 Å². The second-order valence-corrected chi connectivity index (χ2v) is 5.41. The van der Waals surface area contributed by atoms with Crippen LogP contribution in [0.5, 0.6) is 0 Å². The quantitative estimate of drug-likeness (QED) is 0.704. The van der Waals surface area contributed by atoms with E-state index in [1.807, 2.05) is 18.2 Å². The van der Waals surface area contributed by atoms with Crippen molar-refractivity contribution in [3.05, 3.63) is 59.8 Å². The number of carboxylic acids is 1. The van der Waals surface area contributed by atoms with Gasteiger partial charge in [-0.25, -0.2) is 4.79 Å². The van der Waals surface area contributed by atoms with Crippen molar-refractivity contribution >= 4 is 17.7 Å². The molecule has 0 aliphatic carbocycles. The van der Waals surface area contributed by atoms with Crippen LogP contribution in [0.3, 0.4) is 0 Å². The van der Waals surface area contributed by atoms with Crippen molar-refractivity contribution in [2.24, 2.45) is 0 Å².